The smallest absolute Gasteiger partial charge is 0.259 e. The maximum Gasteiger partial charge on any atom is 0.259 e. The zero-order valence-corrected chi connectivity index (χ0v) is 12.7. The lowest BCUT2D eigenvalue weighted by molar-refractivity contribution is 0.0719. The summed E-state index contributed by atoms with van der Waals surface area (Å²) in [6.07, 6.45) is 6.84. The minimum atomic E-state index is -0.353. The summed E-state index contributed by atoms with van der Waals surface area (Å²) >= 11 is 0. The van der Waals surface area contributed by atoms with Gasteiger partial charge in [0.1, 0.15) is 5.56 Å². The fourth-order valence-electron chi connectivity index (χ4n) is 2.85. The number of rotatable bonds is 5. The Balaban J connectivity index is 2.26. The topological polar surface area (TPSA) is 73.4 Å². The van der Waals surface area contributed by atoms with Gasteiger partial charge in [-0.05, 0) is 37.7 Å². The van der Waals surface area contributed by atoms with Crippen molar-refractivity contribution in [1.29, 1.82) is 0 Å². The molecule has 116 valence electrons. The monoisotopic (exact) mass is 292 g/mol. The molecule has 1 aliphatic heterocycles. The van der Waals surface area contributed by atoms with Gasteiger partial charge in [-0.1, -0.05) is 19.8 Å². The average molecular weight is 292 g/mol. The molecule has 2 heterocycles. The van der Waals surface area contributed by atoms with Crippen LogP contribution in [0.2, 0.25) is 0 Å². The maximum absolute atomic E-state index is 12.6. The lowest BCUT2D eigenvalue weighted by atomic mass is 10.0. The predicted molar refractivity (Wildman–Crippen MR) is 81.7 cm³/mol. The standard InChI is InChI=1S/C16H24N2O3/c1-2-3-5-8-12-11-13(19)17-15(20)14(12)16(21)18-9-6-4-7-10-18/h11H,2-10H2,1H3,(H2,17,19,20). The second-order valence-corrected chi connectivity index (χ2v) is 5.69. The molecule has 2 N–H and O–H groups in total. The van der Waals surface area contributed by atoms with Crippen molar-refractivity contribution < 1.29 is 9.90 Å². The Morgan fingerprint density at radius 1 is 1.29 bits per heavy atom. The average Bonchev–Trinajstić information content (AvgIpc) is 2.47. The zero-order valence-electron chi connectivity index (χ0n) is 12.7. The van der Waals surface area contributed by atoms with Crippen LogP contribution in [0.25, 0.3) is 0 Å². The number of aromatic hydroxyl groups is 1. The van der Waals surface area contributed by atoms with Gasteiger partial charge in [-0.2, -0.15) is 0 Å². The summed E-state index contributed by atoms with van der Waals surface area (Å²) in [6.45, 7) is 3.56. The molecule has 5 nitrogen and oxygen atoms in total. The van der Waals surface area contributed by atoms with Crippen molar-refractivity contribution in [3.8, 4) is 5.88 Å². The Bertz CT molecular complexity index is 545. The normalized spacial score (nSPS) is 15.2. The van der Waals surface area contributed by atoms with E-state index in [1.54, 1.807) is 4.90 Å². The molecule has 1 aliphatic rings. The van der Waals surface area contributed by atoms with Gasteiger partial charge in [0, 0.05) is 19.2 Å². The SMILES string of the molecule is CCCCCc1cc(=O)[nH]c(O)c1C(=O)N1CCCCC1. The summed E-state index contributed by atoms with van der Waals surface area (Å²) in [5, 5.41) is 10.0. The highest BCUT2D eigenvalue weighted by atomic mass is 16.3. The molecule has 0 saturated carbocycles. The Labute approximate surface area is 125 Å². The van der Waals surface area contributed by atoms with E-state index in [2.05, 4.69) is 11.9 Å². The molecule has 1 saturated heterocycles. The molecule has 2 rings (SSSR count). The van der Waals surface area contributed by atoms with Crippen LogP contribution in [0.15, 0.2) is 10.9 Å². The lowest BCUT2D eigenvalue weighted by Crippen LogP contribution is -2.36. The van der Waals surface area contributed by atoms with E-state index in [4.69, 9.17) is 0 Å². The highest BCUT2D eigenvalue weighted by Crippen LogP contribution is 2.22. The molecule has 0 aliphatic carbocycles. The summed E-state index contributed by atoms with van der Waals surface area (Å²) < 4.78 is 0. The number of nitrogens with zero attached hydrogens (tertiary/aromatic N) is 1. The number of H-pyrrole nitrogens is 1. The molecule has 21 heavy (non-hydrogen) atoms. The van der Waals surface area contributed by atoms with Crippen LogP contribution in [0.4, 0.5) is 0 Å². The highest BCUT2D eigenvalue weighted by Gasteiger charge is 2.24. The second kappa shape index (κ2) is 7.29. The molecule has 1 fully saturated rings. The largest absolute Gasteiger partial charge is 0.494 e. The first-order valence-electron chi connectivity index (χ1n) is 7.88. The second-order valence-electron chi connectivity index (χ2n) is 5.69. The van der Waals surface area contributed by atoms with Gasteiger partial charge >= 0.3 is 0 Å². The van der Waals surface area contributed by atoms with Crippen LogP contribution in [-0.4, -0.2) is 34.0 Å². The van der Waals surface area contributed by atoms with E-state index in [0.717, 1.165) is 51.6 Å². The summed E-state index contributed by atoms with van der Waals surface area (Å²) in [5.74, 6) is -0.445. The van der Waals surface area contributed by atoms with E-state index in [1.165, 1.54) is 6.07 Å². The van der Waals surface area contributed by atoms with Crippen LogP contribution >= 0.6 is 0 Å². The van der Waals surface area contributed by atoms with E-state index in [9.17, 15) is 14.7 Å². The quantitative estimate of drug-likeness (QED) is 0.819. The van der Waals surface area contributed by atoms with Crippen molar-refractivity contribution in [1.82, 2.24) is 9.88 Å². The van der Waals surface area contributed by atoms with E-state index in [0.29, 0.717) is 12.0 Å². The van der Waals surface area contributed by atoms with E-state index in [1.807, 2.05) is 0 Å². The Morgan fingerprint density at radius 3 is 2.67 bits per heavy atom. The fourth-order valence-corrected chi connectivity index (χ4v) is 2.85. The van der Waals surface area contributed by atoms with Gasteiger partial charge in [0.05, 0.1) is 0 Å². The van der Waals surface area contributed by atoms with Gasteiger partial charge in [0.15, 0.2) is 0 Å². The number of hydrogen-bond acceptors (Lipinski definition) is 3. The number of aromatic amines is 1. The number of carbonyl (C=O) groups is 1. The molecule has 1 aromatic heterocycles. The molecular formula is C16H24N2O3. The minimum absolute atomic E-state index is 0.157. The number of aryl methyl sites for hydroxylation is 1. The molecule has 1 aromatic rings. The number of nitrogens with one attached hydrogen (secondary N) is 1. The number of piperidine rings is 1. The van der Waals surface area contributed by atoms with Crippen LogP contribution < -0.4 is 5.56 Å². The van der Waals surface area contributed by atoms with Gasteiger partial charge in [0.25, 0.3) is 11.5 Å². The fraction of sp³-hybridized carbons (Fsp3) is 0.625. The van der Waals surface area contributed by atoms with Crippen LogP contribution in [0.1, 0.15) is 61.4 Å². The molecule has 0 spiro atoms. The number of pyridine rings is 1. The Kier molecular flexibility index (Phi) is 5.42. The highest BCUT2D eigenvalue weighted by molar-refractivity contribution is 5.97. The minimum Gasteiger partial charge on any atom is -0.494 e. The summed E-state index contributed by atoms with van der Waals surface area (Å²) in [6, 6.07) is 1.45. The van der Waals surface area contributed by atoms with E-state index >= 15 is 0 Å². The van der Waals surface area contributed by atoms with Crippen molar-refractivity contribution in [3.63, 3.8) is 0 Å². The van der Waals surface area contributed by atoms with Crippen LogP contribution in [0, 0.1) is 0 Å². The third-order valence-corrected chi connectivity index (χ3v) is 4.01. The van der Waals surface area contributed by atoms with Crippen molar-refractivity contribution in [2.24, 2.45) is 0 Å². The van der Waals surface area contributed by atoms with Gasteiger partial charge in [-0.3, -0.25) is 14.6 Å². The van der Waals surface area contributed by atoms with Gasteiger partial charge in [-0.15, -0.1) is 0 Å². The van der Waals surface area contributed by atoms with Crippen LogP contribution in [-0.2, 0) is 6.42 Å². The number of amides is 1. The van der Waals surface area contributed by atoms with Crippen molar-refractivity contribution in [2.75, 3.05) is 13.1 Å². The van der Waals surface area contributed by atoms with Crippen molar-refractivity contribution in [3.05, 3.63) is 27.5 Å². The number of unbranched alkanes of at least 4 members (excludes halogenated alkanes) is 2. The van der Waals surface area contributed by atoms with Crippen molar-refractivity contribution in [2.45, 2.75) is 51.9 Å². The third kappa shape index (κ3) is 3.86. The molecule has 0 unspecified atom stereocenters. The lowest BCUT2D eigenvalue weighted by Gasteiger charge is -2.27. The number of likely N-dealkylation sites (tertiary alicyclic amines) is 1. The summed E-state index contributed by atoms with van der Waals surface area (Å²) in [4.78, 5) is 28.3. The first kappa shape index (κ1) is 15.6. The van der Waals surface area contributed by atoms with Gasteiger partial charge in [0.2, 0.25) is 5.88 Å². The molecule has 5 heteroatoms. The van der Waals surface area contributed by atoms with Crippen molar-refractivity contribution >= 4 is 5.91 Å². The first-order valence-corrected chi connectivity index (χ1v) is 7.88. The third-order valence-electron chi connectivity index (χ3n) is 4.01. The summed E-state index contributed by atoms with van der Waals surface area (Å²) in [7, 11) is 0. The van der Waals surface area contributed by atoms with Gasteiger partial charge in [-0.25, -0.2) is 0 Å². The summed E-state index contributed by atoms with van der Waals surface area (Å²) in [5.41, 5.74) is 0.599. The zero-order chi connectivity index (χ0) is 15.2. The predicted octanol–water partition coefficient (Wildman–Crippen LogP) is 2.44. The Hall–Kier alpha value is -1.78. The van der Waals surface area contributed by atoms with Crippen LogP contribution in [0.5, 0.6) is 5.88 Å². The van der Waals surface area contributed by atoms with Gasteiger partial charge < -0.3 is 10.0 Å². The molecule has 0 bridgehead atoms. The first-order chi connectivity index (χ1) is 10.1. The molecule has 0 radical (unpaired) electrons. The van der Waals surface area contributed by atoms with E-state index in [-0.39, 0.29) is 22.9 Å². The molecule has 1 amide bonds. The van der Waals surface area contributed by atoms with E-state index < -0.39 is 0 Å². The number of carbonyl (C=O) groups excluding carboxylic acids is 1. The number of hydrogen-bond donors (Lipinski definition) is 2. The number of aromatic nitrogens is 1. The molecule has 0 aromatic carbocycles. The Morgan fingerprint density at radius 2 is 2.00 bits per heavy atom. The molecule has 0 atom stereocenters. The van der Waals surface area contributed by atoms with Crippen LogP contribution in [0.3, 0.4) is 0 Å². The molecular weight excluding hydrogens is 268 g/mol. The maximum atomic E-state index is 12.6.